The van der Waals surface area contributed by atoms with Gasteiger partial charge in [0.15, 0.2) is 0 Å². The number of hydrogen-bond donors (Lipinski definition) is 4. The Morgan fingerprint density at radius 2 is 1.41 bits per heavy atom. The van der Waals surface area contributed by atoms with Gasteiger partial charge < -0.3 is 40.7 Å². The molecular formula is C31H47N7O8. The molecular weight excluding hydrogens is 598 g/mol. The molecule has 0 spiro atoms. The Kier molecular flexibility index (Phi) is 19.9. The highest BCUT2D eigenvalue weighted by Crippen LogP contribution is 2.08. The Morgan fingerprint density at radius 3 is 2.04 bits per heavy atom. The predicted molar refractivity (Wildman–Crippen MR) is 174 cm³/mol. The fraction of sp³-hybridized carbons (Fsp3) is 0.548. The van der Waals surface area contributed by atoms with Crippen LogP contribution in [0.15, 0.2) is 46.5 Å². The van der Waals surface area contributed by atoms with E-state index >= 15 is 0 Å². The van der Waals surface area contributed by atoms with Crippen LogP contribution in [0.4, 0.5) is 10.5 Å². The minimum Gasteiger partial charge on any atom is -0.379 e. The minimum atomic E-state index is -0.371. The summed E-state index contributed by atoms with van der Waals surface area (Å²) in [6.07, 6.45) is 6.49. The van der Waals surface area contributed by atoms with Crippen LogP contribution in [0.25, 0.3) is 0 Å². The van der Waals surface area contributed by atoms with Crippen LogP contribution < -0.4 is 21.8 Å². The van der Waals surface area contributed by atoms with Gasteiger partial charge in [-0.25, -0.2) is 4.79 Å². The summed E-state index contributed by atoms with van der Waals surface area (Å²) >= 11 is 0. The van der Waals surface area contributed by atoms with Crippen molar-refractivity contribution in [1.29, 1.82) is 0 Å². The molecule has 0 unspecified atom stereocenters. The van der Waals surface area contributed by atoms with Crippen molar-refractivity contribution >= 4 is 41.4 Å². The van der Waals surface area contributed by atoms with Crippen LogP contribution in [-0.4, -0.2) is 120 Å². The zero-order valence-electron chi connectivity index (χ0n) is 26.5. The molecule has 0 aliphatic carbocycles. The van der Waals surface area contributed by atoms with E-state index in [1.165, 1.54) is 12.2 Å². The highest BCUT2D eigenvalue weighted by molar-refractivity contribution is 6.30. The molecule has 0 aromatic heterocycles. The number of nitrogens with zero attached hydrogens (tertiary/aromatic N) is 3. The standard InChI is InChI=1S/C31H47N7O8/c1-25-5-7-26(8-6-25)36-31(42)35-12-3-2-4-27(37-32)24-33-14-17-44-19-21-46-23-22-45-20-18-43-16-11-28(39)34-13-15-38-29(40)9-10-30(38)41/h5-10,24H,2-4,11-23,32H2,1H3,(H,34,39)(H2,35,36,42). The predicted octanol–water partition coefficient (Wildman–Crippen LogP) is 1.17. The van der Waals surface area contributed by atoms with Crippen LogP contribution in [0.2, 0.25) is 0 Å². The molecule has 1 heterocycles. The van der Waals surface area contributed by atoms with Crippen molar-refractivity contribution in [1.82, 2.24) is 15.5 Å². The smallest absolute Gasteiger partial charge is 0.319 e. The van der Waals surface area contributed by atoms with Gasteiger partial charge in [0.1, 0.15) is 0 Å². The van der Waals surface area contributed by atoms with Gasteiger partial charge in [-0.05, 0) is 38.3 Å². The molecule has 15 heteroatoms. The number of aliphatic imine (C=N–C) groups is 1. The SMILES string of the molecule is Cc1ccc(NC(=O)NCCCCC(C=NCCOCCOCCOCCOCCC(=O)NCCN2C(=O)C=CC2=O)=NN)cc1. The number of aryl methyl sites for hydroxylation is 1. The molecule has 0 bridgehead atoms. The molecule has 1 aromatic rings. The summed E-state index contributed by atoms with van der Waals surface area (Å²) in [5.41, 5.74) is 2.57. The molecule has 0 fully saturated rings. The van der Waals surface area contributed by atoms with Crippen LogP contribution in [0.3, 0.4) is 0 Å². The highest BCUT2D eigenvalue weighted by atomic mass is 16.6. The topological polar surface area (TPSA) is 195 Å². The first kappa shape index (κ1) is 38.0. The van der Waals surface area contributed by atoms with Gasteiger partial charge in [-0.2, -0.15) is 5.10 Å². The molecule has 2 rings (SSSR count). The Morgan fingerprint density at radius 1 is 0.804 bits per heavy atom. The number of carbonyl (C=O) groups excluding carboxylic acids is 4. The number of hydrogen-bond acceptors (Lipinski definition) is 11. The molecule has 46 heavy (non-hydrogen) atoms. The second kappa shape index (κ2) is 24.1. The first-order valence-electron chi connectivity index (χ1n) is 15.4. The molecule has 15 nitrogen and oxygen atoms in total. The Bertz CT molecular complexity index is 1140. The van der Waals surface area contributed by atoms with Gasteiger partial charge >= 0.3 is 6.03 Å². The van der Waals surface area contributed by atoms with Crippen LogP contribution in [-0.2, 0) is 33.3 Å². The average molecular weight is 646 g/mol. The lowest BCUT2D eigenvalue weighted by molar-refractivity contribution is -0.137. The second-order valence-corrected chi connectivity index (χ2v) is 10.1. The van der Waals surface area contributed by atoms with Gasteiger partial charge in [0.2, 0.25) is 5.91 Å². The van der Waals surface area contributed by atoms with Gasteiger partial charge in [0.25, 0.3) is 11.8 Å². The molecule has 1 aliphatic heterocycles. The highest BCUT2D eigenvalue weighted by Gasteiger charge is 2.22. The molecule has 0 atom stereocenters. The molecule has 0 saturated heterocycles. The number of ether oxygens (including phenoxy) is 4. The Labute approximate surface area is 269 Å². The molecule has 0 saturated carbocycles. The summed E-state index contributed by atoms with van der Waals surface area (Å²) in [7, 11) is 0. The van der Waals surface area contributed by atoms with E-state index in [4.69, 9.17) is 24.8 Å². The van der Waals surface area contributed by atoms with Gasteiger partial charge in [-0.15, -0.1) is 0 Å². The summed E-state index contributed by atoms with van der Waals surface area (Å²) in [6.45, 7) is 6.46. The van der Waals surface area contributed by atoms with Crippen molar-refractivity contribution in [3.05, 3.63) is 42.0 Å². The van der Waals surface area contributed by atoms with Crippen molar-refractivity contribution < 1.29 is 38.1 Å². The van der Waals surface area contributed by atoms with E-state index < -0.39 is 0 Å². The minimum absolute atomic E-state index is 0.139. The van der Waals surface area contributed by atoms with Crippen molar-refractivity contribution in [3.63, 3.8) is 0 Å². The second-order valence-electron chi connectivity index (χ2n) is 10.1. The van der Waals surface area contributed by atoms with Crippen LogP contribution >= 0.6 is 0 Å². The zero-order chi connectivity index (χ0) is 33.2. The number of nitrogens with one attached hydrogen (secondary N) is 3. The van der Waals surface area contributed by atoms with E-state index in [-0.39, 0.29) is 49.9 Å². The first-order valence-corrected chi connectivity index (χ1v) is 15.4. The van der Waals surface area contributed by atoms with Crippen molar-refractivity contribution in [3.8, 4) is 0 Å². The lowest BCUT2D eigenvalue weighted by Crippen LogP contribution is -2.38. The molecule has 1 aromatic carbocycles. The van der Waals surface area contributed by atoms with E-state index in [2.05, 4.69) is 26.0 Å². The maximum absolute atomic E-state index is 12.0. The summed E-state index contributed by atoms with van der Waals surface area (Å²) in [4.78, 5) is 52.0. The Hall–Kier alpha value is -4.18. The van der Waals surface area contributed by atoms with E-state index in [0.29, 0.717) is 71.5 Å². The number of unbranched alkanes of at least 4 members (excludes halogenated alkanes) is 1. The molecule has 5 N–H and O–H groups in total. The summed E-state index contributed by atoms with van der Waals surface area (Å²) in [6, 6.07) is 7.37. The van der Waals surface area contributed by atoms with Crippen LogP contribution in [0, 0.1) is 6.92 Å². The van der Waals surface area contributed by atoms with Gasteiger partial charge in [0, 0.05) is 50.1 Å². The van der Waals surface area contributed by atoms with E-state index in [9.17, 15) is 19.2 Å². The van der Waals surface area contributed by atoms with Gasteiger partial charge in [-0.1, -0.05) is 17.7 Å². The molecule has 5 amide bonds. The largest absolute Gasteiger partial charge is 0.379 e. The lowest BCUT2D eigenvalue weighted by Gasteiger charge is -2.14. The summed E-state index contributed by atoms with van der Waals surface area (Å²) in [5, 5.41) is 12.0. The summed E-state index contributed by atoms with van der Waals surface area (Å²) < 4.78 is 21.8. The maximum atomic E-state index is 12.0. The molecule has 254 valence electrons. The van der Waals surface area contributed by atoms with Gasteiger partial charge in [0.05, 0.1) is 65.1 Å². The number of benzene rings is 1. The van der Waals surface area contributed by atoms with E-state index in [1.807, 2.05) is 31.2 Å². The third-order valence-electron chi connectivity index (χ3n) is 6.37. The number of imide groups is 1. The lowest BCUT2D eigenvalue weighted by atomic mass is 10.2. The quantitative estimate of drug-likeness (QED) is 0.0397. The van der Waals surface area contributed by atoms with Crippen LogP contribution in [0.1, 0.15) is 31.2 Å². The fourth-order valence-corrected chi connectivity index (χ4v) is 3.87. The number of rotatable bonds is 25. The normalized spacial score (nSPS) is 13.2. The number of nitrogens with two attached hydrogens (primary N) is 1. The van der Waals surface area contributed by atoms with Crippen molar-refractivity contribution in [2.24, 2.45) is 15.9 Å². The van der Waals surface area contributed by atoms with Crippen molar-refractivity contribution in [2.75, 3.05) is 84.4 Å². The number of anilines is 1. The monoisotopic (exact) mass is 645 g/mol. The van der Waals surface area contributed by atoms with E-state index in [1.54, 1.807) is 6.21 Å². The van der Waals surface area contributed by atoms with Crippen molar-refractivity contribution in [2.45, 2.75) is 32.6 Å². The van der Waals surface area contributed by atoms with Crippen LogP contribution in [0.5, 0.6) is 0 Å². The number of hydrazone groups is 1. The molecule has 0 radical (unpaired) electrons. The number of amides is 5. The third-order valence-corrected chi connectivity index (χ3v) is 6.37. The van der Waals surface area contributed by atoms with Gasteiger partial charge in [-0.3, -0.25) is 24.3 Å². The average Bonchev–Trinajstić information content (AvgIpc) is 3.36. The maximum Gasteiger partial charge on any atom is 0.319 e. The fourth-order valence-electron chi connectivity index (χ4n) is 3.87. The number of carbonyl (C=O) groups is 4. The van der Waals surface area contributed by atoms with E-state index in [0.717, 1.165) is 29.0 Å². The zero-order valence-corrected chi connectivity index (χ0v) is 26.5. The number of urea groups is 1. The molecule has 1 aliphatic rings. The third kappa shape index (κ3) is 17.9. The summed E-state index contributed by atoms with van der Waals surface area (Å²) in [5.74, 6) is 4.50. The Balaban J connectivity index is 1.31. The first-order chi connectivity index (χ1) is 22.4.